The Hall–Kier alpha value is -2.47. The van der Waals surface area contributed by atoms with E-state index in [4.69, 9.17) is 0 Å². The second-order valence-electron chi connectivity index (χ2n) is 6.98. The van der Waals surface area contributed by atoms with Gasteiger partial charge in [-0.15, -0.1) is 11.3 Å². The van der Waals surface area contributed by atoms with Gasteiger partial charge in [-0.1, -0.05) is 37.3 Å². The third kappa shape index (κ3) is 3.95. The van der Waals surface area contributed by atoms with Crippen molar-refractivity contribution in [1.82, 2.24) is 20.1 Å². The van der Waals surface area contributed by atoms with Crippen molar-refractivity contribution in [3.63, 3.8) is 0 Å². The molecule has 1 atom stereocenters. The Bertz CT molecular complexity index is 915. The molecule has 2 aromatic heterocycles. The second-order valence-corrected chi connectivity index (χ2v) is 8.09. The fourth-order valence-electron chi connectivity index (χ4n) is 3.64. The number of aromatic nitrogens is 3. The third-order valence-electron chi connectivity index (χ3n) is 4.98. The van der Waals surface area contributed by atoms with E-state index in [0.29, 0.717) is 4.88 Å². The Morgan fingerprint density at radius 1 is 1.30 bits per heavy atom. The zero-order chi connectivity index (χ0) is 18.6. The maximum Gasteiger partial charge on any atom is 0.263 e. The van der Waals surface area contributed by atoms with Gasteiger partial charge in [-0.2, -0.15) is 5.10 Å². The molecule has 6 heteroatoms. The summed E-state index contributed by atoms with van der Waals surface area (Å²) in [6, 6.07) is 10.4. The summed E-state index contributed by atoms with van der Waals surface area (Å²) >= 11 is 1.50. The average Bonchev–Trinajstić information content (AvgIpc) is 3.31. The van der Waals surface area contributed by atoms with E-state index in [-0.39, 0.29) is 11.9 Å². The first kappa shape index (κ1) is 17.9. The minimum absolute atomic E-state index is 0.0245. The van der Waals surface area contributed by atoms with Crippen LogP contribution in [-0.2, 0) is 19.4 Å². The van der Waals surface area contributed by atoms with Crippen LogP contribution >= 0.6 is 11.3 Å². The van der Waals surface area contributed by atoms with Gasteiger partial charge in [0.25, 0.3) is 5.91 Å². The molecule has 1 amide bonds. The molecule has 5 nitrogen and oxygen atoms in total. The topological polar surface area (TPSA) is 59.8 Å². The molecule has 0 saturated carbocycles. The van der Waals surface area contributed by atoms with Crippen molar-refractivity contribution in [2.45, 2.75) is 51.6 Å². The number of nitrogens with zero attached hydrogens (tertiary/aromatic N) is 3. The van der Waals surface area contributed by atoms with E-state index < -0.39 is 0 Å². The first-order chi connectivity index (χ1) is 13.2. The number of carbonyl (C=O) groups excluding carboxylic acids is 1. The first-order valence-electron chi connectivity index (χ1n) is 9.58. The van der Waals surface area contributed by atoms with E-state index >= 15 is 0 Å². The van der Waals surface area contributed by atoms with Gasteiger partial charge in [0.15, 0.2) is 0 Å². The SMILES string of the molecule is CCCc1ncc(C(=O)NC2CCCc3c2cnn3Cc2ccccc2)s1. The summed E-state index contributed by atoms with van der Waals surface area (Å²) in [7, 11) is 0. The molecule has 3 aromatic rings. The van der Waals surface area contributed by atoms with Gasteiger partial charge in [-0.3, -0.25) is 9.48 Å². The smallest absolute Gasteiger partial charge is 0.263 e. The second kappa shape index (κ2) is 8.05. The third-order valence-corrected chi connectivity index (χ3v) is 6.04. The van der Waals surface area contributed by atoms with Crippen molar-refractivity contribution in [1.29, 1.82) is 0 Å². The Morgan fingerprint density at radius 3 is 2.96 bits per heavy atom. The molecular formula is C21H24N4OS. The summed E-state index contributed by atoms with van der Waals surface area (Å²) in [4.78, 5) is 17.7. The van der Waals surface area contributed by atoms with Crippen molar-refractivity contribution in [2.24, 2.45) is 0 Å². The maximum atomic E-state index is 12.7. The fourth-order valence-corrected chi connectivity index (χ4v) is 4.56. The lowest BCUT2D eigenvalue weighted by atomic mass is 9.93. The Balaban J connectivity index is 1.49. The quantitative estimate of drug-likeness (QED) is 0.699. The van der Waals surface area contributed by atoms with Crippen LogP contribution in [0.3, 0.4) is 0 Å². The molecule has 0 radical (unpaired) electrons. The molecule has 0 aliphatic heterocycles. The molecule has 140 valence electrons. The maximum absolute atomic E-state index is 12.7. The van der Waals surface area contributed by atoms with Gasteiger partial charge in [-0.25, -0.2) is 4.98 Å². The van der Waals surface area contributed by atoms with Crippen molar-refractivity contribution in [3.05, 3.63) is 69.4 Å². The van der Waals surface area contributed by atoms with Gasteiger partial charge in [0.05, 0.1) is 30.0 Å². The normalized spacial score (nSPS) is 16.1. The van der Waals surface area contributed by atoms with Crippen LogP contribution in [0.15, 0.2) is 42.7 Å². The van der Waals surface area contributed by atoms with Crippen molar-refractivity contribution >= 4 is 17.2 Å². The molecule has 1 N–H and O–H groups in total. The van der Waals surface area contributed by atoms with Gasteiger partial charge in [0, 0.05) is 11.3 Å². The molecule has 0 saturated heterocycles. The first-order valence-corrected chi connectivity index (χ1v) is 10.4. The van der Waals surface area contributed by atoms with E-state index in [1.54, 1.807) is 6.20 Å². The standard InChI is InChI=1S/C21H24N4OS/c1-2-7-20-22-13-19(27-20)21(26)24-17-10-6-11-18-16(17)12-23-25(18)14-15-8-4-3-5-9-15/h3-5,8-9,12-13,17H,2,6-7,10-11,14H2,1H3,(H,24,26). The zero-order valence-corrected chi connectivity index (χ0v) is 16.3. The molecule has 1 aliphatic carbocycles. The minimum atomic E-state index is -0.0245. The van der Waals surface area contributed by atoms with Crippen molar-refractivity contribution in [2.75, 3.05) is 0 Å². The van der Waals surface area contributed by atoms with Gasteiger partial charge in [0.1, 0.15) is 4.88 Å². The van der Waals surface area contributed by atoms with Crippen LogP contribution in [0, 0.1) is 0 Å². The van der Waals surface area contributed by atoms with Crippen molar-refractivity contribution < 1.29 is 4.79 Å². The minimum Gasteiger partial charge on any atom is -0.344 e. The summed E-state index contributed by atoms with van der Waals surface area (Å²) in [6.45, 7) is 2.89. The largest absolute Gasteiger partial charge is 0.344 e. The van der Waals surface area contributed by atoms with E-state index in [1.807, 2.05) is 12.3 Å². The highest BCUT2D eigenvalue weighted by atomic mass is 32.1. The molecule has 0 spiro atoms. The van der Waals surface area contributed by atoms with Crippen molar-refractivity contribution in [3.8, 4) is 0 Å². The molecule has 1 unspecified atom stereocenters. The number of fused-ring (bicyclic) bond motifs is 1. The van der Waals surface area contributed by atoms with E-state index in [0.717, 1.165) is 49.2 Å². The fraction of sp³-hybridized carbons (Fsp3) is 0.381. The van der Waals surface area contributed by atoms with E-state index in [2.05, 4.69) is 51.3 Å². The summed E-state index contributed by atoms with van der Waals surface area (Å²) in [5, 5.41) is 8.84. The Morgan fingerprint density at radius 2 is 2.15 bits per heavy atom. The number of amides is 1. The molecule has 27 heavy (non-hydrogen) atoms. The lowest BCUT2D eigenvalue weighted by molar-refractivity contribution is 0.0936. The zero-order valence-electron chi connectivity index (χ0n) is 15.5. The molecule has 4 rings (SSSR count). The highest BCUT2D eigenvalue weighted by molar-refractivity contribution is 7.13. The lowest BCUT2D eigenvalue weighted by Crippen LogP contribution is -2.30. The highest BCUT2D eigenvalue weighted by Crippen LogP contribution is 2.30. The lowest BCUT2D eigenvalue weighted by Gasteiger charge is -2.24. The average molecular weight is 381 g/mol. The number of rotatable bonds is 6. The van der Waals surface area contributed by atoms with Gasteiger partial charge < -0.3 is 5.32 Å². The number of thiazole rings is 1. The van der Waals surface area contributed by atoms with E-state index in [1.165, 1.54) is 22.6 Å². The Labute approximate surface area is 163 Å². The number of nitrogens with one attached hydrogen (secondary N) is 1. The van der Waals surface area contributed by atoms with Crippen LogP contribution in [-0.4, -0.2) is 20.7 Å². The number of carbonyl (C=O) groups is 1. The summed E-state index contributed by atoms with van der Waals surface area (Å²) < 4.78 is 2.08. The molecule has 1 aromatic carbocycles. The summed E-state index contributed by atoms with van der Waals surface area (Å²) in [6.07, 6.45) is 8.62. The van der Waals surface area contributed by atoms with Gasteiger partial charge in [0.2, 0.25) is 0 Å². The molecule has 1 aliphatic rings. The molecule has 0 fully saturated rings. The number of aryl methyl sites for hydroxylation is 1. The summed E-state index contributed by atoms with van der Waals surface area (Å²) in [5.41, 5.74) is 3.64. The van der Waals surface area contributed by atoms with Crippen LogP contribution in [0.4, 0.5) is 0 Å². The predicted octanol–water partition coefficient (Wildman–Crippen LogP) is 4.15. The van der Waals surface area contributed by atoms with Gasteiger partial charge in [-0.05, 0) is 37.7 Å². The summed E-state index contributed by atoms with van der Waals surface area (Å²) in [5.74, 6) is -0.0245. The number of hydrogen-bond acceptors (Lipinski definition) is 4. The van der Waals surface area contributed by atoms with Gasteiger partial charge >= 0.3 is 0 Å². The number of hydrogen-bond donors (Lipinski definition) is 1. The monoisotopic (exact) mass is 380 g/mol. The number of benzene rings is 1. The van der Waals surface area contributed by atoms with Crippen LogP contribution in [0.2, 0.25) is 0 Å². The van der Waals surface area contributed by atoms with E-state index in [9.17, 15) is 4.79 Å². The molecule has 0 bridgehead atoms. The van der Waals surface area contributed by atoms with Crippen LogP contribution in [0.25, 0.3) is 0 Å². The van der Waals surface area contributed by atoms with Crippen LogP contribution in [0.5, 0.6) is 0 Å². The molecule has 2 heterocycles. The highest BCUT2D eigenvalue weighted by Gasteiger charge is 2.26. The van der Waals surface area contributed by atoms with Crippen LogP contribution in [0.1, 0.15) is 63.7 Å². The van der Waals surface area contributed by atoms with Crippen LogP contribution < -0.4 is 5.32 Å². The Kier molecular flexibility index (Phi) is 5.34. The molecular weight excluding hydrogens is 356 g/mol. The predicted molar refractivity (Wildman–Crippen MR) is 107 cm³/mol.